The van der Waals surface area contributed by atoms with Gasteiger partial charge in [0, 0.05) is 5.56 Å². The van der Waals surface area contributed by atoms with Crippen molar-refractivity contribution in [1.82, 2.24) is 0 Å². The van der Waals surface area contributed by atoms with Crippen molar-refractivity contribution in [1.29, 1.82) is 0 Å². The van der Waals surface area contributed by atoms with Gasteiger partial charge in [0.2, 0.25) is 5.90 Å². The number of aliphatic hydroxyl groups is 1. The summed E-state index contributed by atoms with van der Waals surface area (Å²) in [6.07, 6.45) is 0.792. The maximum atomic E-state index is 9.29. The molecule has 80 valence electrons. The van der Waals surface area contributed by atoms with Crippen molar-refractivity contribution < 1.29 is 9.84 Å². The van der Waals surface area contributed by atoms with E-state index in [1.165, 1.54) is 0 Å². The van der Waals surface area contributed by atoms with Gasteiger partial charge >= 0.3 is 0 Å². The standard InChI is InChI=1S/C12H15NO2/c1-2-12(8-14)9-15-11(13-12)10-6-4-3-5-7-10/h3-7,14H,2,8-9H2,1H3/t12-/m1/s1. The third-order valence-electron chi connectivity index (χ3n) is 2.79. The lowest BCUT2D eigenvalue weighted by Gasteiger charge is -2.17. The highest BCUT2D eigenvalue weighted by atomic mass is 16.5. The summed E-state index contributed by atoms with van der Waals surface area (Å²) in [5.41, 5.74) is 0.548. The highest BCUT2D eigenvalue weighted by Gasteiger charge is 2.34. The van der Waals surface area contributed by atoms with Crippen molar-refractivity contribution in [3.05, 3.63) is 35.9 Å². The Bertz CT molecular complexity index is 355. The molecule has 3 heteroatoms. The number of benzene rings is 1. The van der Waals surface area contributed by atoms with Gasteiger partial charge in [0.05, 0.1) is 6.61 Å². The van der Waals surface area contributed by atoms with E-state index in [1.807, 2.05) is 37.3 Å². The molecule has 1 aromatic rings. The highest BCUT2D eigenvalue weighted by Crippen LogP contribution is 2.24. The SMILES string of the molecule is CC[C@@]1(CO)COC(c2ccccc2)=N1. The fourth-order valence-electron chi connectivity index (χ4n) is 1.59. The molecule has 1 heterocycles. The Morgan fingerprint density at radius 2 is 2.13 bits per heavy atom. The maximum absolute atomic E-state index is 9.29. The molecule has 0 amide bonds. The number of nitrogens with zero attached hydrogens (tertiary/aromatic N) is 1. The van der Waals surface area contributed by atoms with Crippen LogP contribution < -0.4 is 0 Å². The predicted octanol–water partition coefficient (Wildman–Crippen LogP) is 1.60. The number of hydrogen-bond donors (Lipinski definition) is 1. The third kappa shape index (κ3) is 1.88. The molecule has 0 saturated carbocycles. The average Bonchev–Trinajstić information content (AvgIpc) is 2.75. The van der Waals surface area contributed by atoms with Crippen molar-refractivity contribution >= 4 is 5.90 Å². The molecular formula is C12H15NO2. The molecule has 0 aliphatic carbocycles. The molecule has 0 radical (unpaired) electrons. The molecule has 15 heavy (non-hydrogen) atoms. The molecule has 1 aliphatic heterocycles. The van der Waals surface area contributed by atoms with Gasteiger partial charge in [-0.3, -0.25) is 0 Å². The largest absolute Gasteiger partial charge is 0.475 e. The summed E-state index contributed by atoms with van der Waals surface area (Å²) in [7, 11) is 0. The van der Waals surface area contributed by atoms with Gasteiger partial charge in [0.15, 0.2) is 0 Å². The molecule has 0 aromatic heterocycles. The first kappa shape index (κ1) is 10.2. The van der Waals surface area contributed by atoms with Crippen LogP contribution in [0.5, 0.6) is 0 Å². The van der Waals surface area contributed by atoms with Crippen LogP contribution in [-0.2, 0) is 4.74 Å². The number of hydrogen-bond acceptors (Lipinski definition) is 3. The molecule has 0 unspecified atom stereocenters. The van der Waals surface area contributed by atoms with Crippen molar-refractivity contribution in [3.63, 3.8) is 0 Å². The van der Waals surface area contributed by atoms with Crippen LogP contribution in [-0.4, -0.2) is 29.8 Å². The quantitative estimate of drug-likeness (QED) is 0.814. The van der Waals surface area contributed by atoms with E-state index in [-0.39, 0.29) is 6.61 Å². The van der Waals surface area contributed by atoms with Gasteiger partial charge in [0.1, 0.15) is 12.1 Å². The zero-order valence-corrected chi connectivity index (χ0v) is 8.81. The Hall–Kier alpha value is -1.35. The van der Waals surface area contributed by atoms with Gasteiger partial charge in [-0.05, 0) is 18.6 Å². The molecule has 2 rings (SSSR count). The predicted molar refractivity (Wildman–Crippen MR) is 59.0 cm³/mol. The molecular weight excluding hydrogens is 190 g/mol. The molecule has 0 spiro atoms. The second kappa shape index (κ2) is 4.03. The van der Waals surface area contributed by atoms with Crippen LogP contribution in [0.2, 0.25) is 0 Å². The summed E-state index contributed by atoms with van der Waals surface area (Å²) < 4.78 is 5.53. The van der Waals surface area contributed by atoms with Gasteiger partial charge in [-0.25, -0.2) is 4.99 Å². The number of aliphatic imine (C=N–C) groups is 1. The Labute approximate surface area is 89.4 Å². The van der Waals surface area contributed by atoms with E-state index < -0.39 is 5.54 Å². The lowest BCUT2D eigenvalue weighted by molar-refractivity contribution is 0.154. The van der Waals surface area contributed by atoms with Crippen LogP contribution in [0.3, 0.4) is 0 Å². The molecule has 1 atom stereocenters. The van der Waals surface area contributed by atoms with Gasteiger partial charge in [-0.15, -0.1) is 0 Å². The minimum atomic E-state index is -0.425. The lowest BCUT2D eigenvalue weighted by Crippen LogP contribution is -2.31. The fraction of sp³-hybridized carbons (Fsp3) is 0.417. The van der Waals surface area contributed by atoms with E-state index in [2.05, 4.69) is 4.99 Å². The molecule has 0 saturated heterocycles. The summed E-state index contributed by atoms with van der Waals surface area (Å²) >= 11 is 0. The van der Waals surface area contributed by atoms with Crippen LogP contribution in [0.15, 0.2) is 35.3 Å². The first-order chi connectivity index (χ1) is 7.29. The topological polar surface area (TPSA) is 41.8 Å². The van der Waals surface area contributed by atoms with Crippen molar-refractivity contribution in [3.8, 4) is 0 Å². The molecule has 1 aliphatic rings. The number of aliphatic hydroxyl groups excluding tert-OH is 1. The van der Waals surface area contributed by atoms with E-state index in [4.69, 9.17) is 4.74 Å². The Morgan fingerprint density at radius 3 is 2.67 bits per heavy atom. The Kier molecular flexibility index (Phi) is 2.73. The zero-order chi connectivity index (χ0) is 10.7. The van der Waals surface area contributed by atoms with Gasteiger partial charge in [-0.2, -0.15) is 0 Å². The molecule has 3 nitrogen and oxygen atoms in total. The van der Waals surface area contributed by atoms with E-state index in [9.17, 15) is 5.11 Å². The Morgan fingerprint density at radius 1 is 1.40 bits per heavy atom. The van der Waals surface area contributed by atoms with E-state index in [1.54, 1.807) is 0 Å². The minimum Gasteiger partial charge on any atom is -0.475 e. The fourth-order valence-corrected chi connectivity index (χ4v) is 1.59. The number of ether oxygens (including phenoxy) is 1. The summed E-state index contributed by atoms with van der Waals surface area (Å²) in [6, 6.07) is 9.78. The van der Waals surface area contributed by atoms with E-state index >= 15 is 0 Å². The molecule has 1 aromatic carbocycles. The highest BCUT2D eigenvalue weighted by molar-refractivity contribution is 5.95. The van der Waals surface area contributed by atoms with Crippen molar-refractivity contribution in [2.24, 2.45) is 4.99 Å². The van der Waals surface area contributed by atoms with Crippen molar-refractivity contribution in [2.75, 3.05) is 13.2 Å². The summed E-state index contributed by atoms with van der Waals surface area (Å²) in [5, 5.41) is 9.29. The molecule has 0 fully saturated rings. The average molecular weight is 205 g/mol. The van der Waals surface area contributed by atoms with Crippen LogP contribution in [0.4, 0.5) is 0 Å². The van der Waals surface area contributed by atoms with E-state index in [0.29, 0.717) is 12.5 Å². The Balaban J connectivity index is 2.27. The lowest BCUT2D eigenvalue weighted by atomic mass is 10.0. The summed E-state index contributed by atoms with van der Waals surface area (Å²) in [6.45, 7) is 2.53. The maximum Gasteiger partial charge on any atom is 0.216 e. The van der Waals surface area contributed by atoms with Gasteiger partial charge in [-0.1, -0.05) is 25.1 Å². The van der Waals surface area contributed by atoms with Gasteiger partial charge in [0.25, 0.3) is 0 Å². The normalized spacial score (nSPS) is 24.8. The first-order valence-corrected chi connectivity index (χ1v) is 5.18. The summed E-state index contributed by atoms with van der Waals surface area (Å²) in [5.74, 6) is 0.645. The molecule has 0 bridgehead atoms. The minimum absolute atomic E-state index is 0.0415. The first-order valence-electron chi connectivity index (χ1n) is 5.18. The second-order valence-electron chi connectivity index (χ2n) is 3.81. The van der Waals surface area contributed by atoms with Crippen LogP contribution in [0, 0.1) is 0 Å². The summed E-state index contributed by atoms with van der Waals surface area (Å²) in [4.78, 5) is 4.47. The van der Waals surface area contributed by atoms with Gasteiger partial charge < -0.3 is 9.84 Å². The smallest absolute Gasteiger partial charge is 0.216 e. The molecule has 1 N–H and O–H groups in total. The van der Waals surface area contributed by atoms with Crippen LogP contribution in [0.1, 0.15) is 18.9 Å². The van der Waals surface area contributed by atoms with E-state index in [0.717, 1.165) is 12.0 Å². The third-order valence-corrected chi connectivity index (χ3v) is 2.79. The zero-order valence-electron chi connectivity index (χ0n) is 8.81. The number of rotatable bonds is 3. The van der Waals surface area contributed by atoms with Crippen LogP contribution >= 0.6 is 0 Å². The van der Waals surface area contributed by atoms with Crippen LogP contribution in [0.25, 0.3) is 0 Å². The monoisotopic (exact) mass is 205 g/mol. The second-order valence-corrected chi connectivity index (χ2v) is 3.81. The van der Waals surface area contributed by atoms with Crippen molar-refractivity contribution in [2.45, 2.75) is 18.9 Å².